The SMILES string of the molecule is CCOc1nc2cccc(C(=O)O)c2n1Cc1ccc(-c2ccccc2-c2noc(=O)[nH]2)cc1.CCOc1nc2cccc(C(=O)OCc3oc(=O)oc3C)c2n1Cc1ccc(-c2ccccc2-c2noc(=O)[nH]2)cc1. The Morgan fingerprint density at radius 1 is 0.579 bits per heavy atom. The summed E-state index contributed by atoms with van der Waals surface area (Å²) in [5, 5.41) is 17.3. The standard InChI is InChI=1S/C30H24N4O8.C25H20N4O5/c1-3-38-28-31-23-10-6-9-22(27(35)39-16-24-17(2)40-30(37)41-24)25(23)34(28)15-18-11-13-19(14-12-18)20-7-4-5-8-21(20)26-32-29(36)42-33-26;1-2-33-24-26-20-9-5-8-19(23(30)31)21(20)29(24)14-15-10-12-16(13-11-15)17-6-3-4-7-18(17)22-27-25(32)34-28-22/h4-14H,3,15-16H2,1-2H3,(H,32,33,36);3-13H,2,14H2,1H3,(H,30,31)(H,27,28,32). The van der Waals surface area contributed by atoms with Gasteiger partial charge < -0.3 is 28.2 Å². The minimum Gasteiger partial charge on any atom is -0.478 e. The largest absolute Gasteiger partial charge is 0.519 e. The summed E-state index contributed by atoms with van der Waals surface area (Å²) in [6.45, 7) is 6.53. The zero-order valence-electron chi connectivity index (χ0n) is 40.8. The Morgan fingerprint density at radius 2 is 1.04 bits per heavy atom. The molecule has 0 saturated carbocycles. The van der Waals surface area contributed by atoms with Crippen LogP contribution in [0, 0.1) is 6.92 Å². The maximum atomic E-state index is 13.2. The van der Waals surface area contributed by atoms with Gasteiger partial charge in [-0.05, 0) is 78.4 Å². The van der Waals surface area contributed by atoms with Crippen molar-refractivity contribution in [3.05, 3.63) is 199 Å². The number of para-hydroxylation sites is 2. The first-order valence-corrected chi connectivity index (χ1v) is 23.7. The van der Waals surface area contributed by atoms with E-state index in [0.717, 1.165) is 44.5 Å². The molecule has 0 bridgehead atoms. The topological polar surface area (TPSA) is 279 Å². The zero-order valence-corrected chi connectivity index (χ0v) is 40.8. The predicted molar refractivity (Wildman–Crippen MR) is 274 cm³/mol. The summed E-state index contributed by atoms with van der Waals surface area (Å²) in [7, 11) is 0. The van der Waals surface area contributed by atoms with Gasteiger partial charge in [0.25, 0.3) is 12.0 Å². The van der Waals surface area contributed by atoms with Crippen LogP contribution in [-0.4, -0.2) is 69.6 Å². The lowest BCUT2D eigenvalue weighted by Crippen LogP contribution is -2.10. The molecule has 0 aliphatic carbocycles. The van der Waals surface area contributed by atoms with Crippen molar-refractivity contribution in [3.63, 3.8) is 0 Å². The Bertz CT molecular complexity index is 4080. The van der Waals surface area contributed by atoms with Crippen LogP contribution in [-0.2, 0) is 24.4 Å². The van der Waals surface area contributed by atoms with Crippen molar-refractivity contribution in [2.45, 2.75) is 40.5 Å². The number of nitrogens with zero attached hydrogens (tertiary/aromatic N) is 6. The van der Waals surface area contributed by atoms with Crippen LogP contribution in [0.25, 0.3) is 67.1 Å². The Morgan fingerprint density at radius 3 is 1.46 bits per heavy atom. The van der Waals surface area contributed by atoms with E-state index in [-0.39, 0.29) is 29.3 Å². The molecule has 0 amide bonds. The lowest BCUT2D eigenvalue weighted by Gasteiger charge is -2.12. The van der Waals surface area contributed by atoms with Gasteiger partial charge in [-0.3, -0.25) is 28.1 Å². The number of rotatable bonds is 16. The lowest BCUT2D eigenvalue weighted by molar-refractivity contribution is 0.0444. The number of fused-ring (bicyclic) bond motifs is 2. The molecule has 3 N–H and O–H groups in total. The minimum atomic E-state index is -1.02. The average Bonchev–Trinajstić information content (AvgIpc) is 4.28. The first-order valence-electron chi connectivity index (χ1n) is 23.7. The summed E-state index contributed by atoms with van der Waals surface area (Å²) in [4.78, 5) is 73.5. The van der Waals surface area contributed by atoms with Crippen molar-refractivity contribution in [2.75, 3.05) is 13.2 Å². The number of carboxylic acid groups (broad SMARTS) is 1. The van der Waals surface area contributed by atoms with Crippen molar-refractivity contribution >= 4 is 34.0 Å². The van der Waals surface area contributed by atoms with E-state index < -0.39 is 29.3 Å². The maximum Gasteiger partial charge on any atom is 0.519 e. The third-order valence-electron chi connectivity index (χ3n) is 12.1. The fourth-order valence-corrected chi connectivity index (χ4v) is 8.67. The van der Waals surface area contributed by atoms with Crippen molar-refractivity contribution in [3.8, 4) is 57.1 Å². The quantitative estimate of drug-likeness (QED) is 0.0762. The number of esters is 1. The fourth-order valence-electron chi connectivity index (χ4n) is 8.67. The number of benzene rings is 6. The molecule has 76 heavy (non-hydrogen) atoms. The number of nitrogens with one attached hydrogen (secondary N) is 2. The molecule has 0 atom stereocenters. The first kappa shape index (κ1) is 49.3. The average molecular weight is 1020 g/mol. The van der Waals surface area contributed by atoms with E-state index in [1.54, 1.807) is 47.9 Å². The van der Waals surface area contributed by atoms with Crippen LogP contribution in [0.4, 0.5) is 0 Å². The van der Waals surface area contributed by atoms with Crippen LogP contribution in [0.2, 0.25) is 0 Å². The molecule has 0 aliphatic heterocycles. The van der Waals surface area contributed by atoms with Gasteiger partial charge in [0.1, 0.15) is 0 Å². The molecule has 21 nitrogen and oxygen atoms in total. The van der Waals surface area contributed by atoms with Crippen molar-refractivity contribution in [2.24, 2.45) is 0 Å². The second kappa shape index (κ2) is 21.4. The Labute approximate surface area is 428 Å². The molecule has 21 heteroatoms. The summed E-state index contributed by atoms with van der Waals surface area (Å²) in [6, 6.07) is 41.7. The third-order valence-corrected chi connectivity index (χ3v) is 12.1. The highest BCUT2D eigenvalue weighted by Gasteiger charge is 2.23. The molecule has 0 unspecified atom stereocenters. The summed E-state index contributed by atoms with van der Waals surface area (Å²) in [5.74, 6) is -2.65. The lowest BCUT2D eigenvalue weighted by atomic mass is 9.98. The number of aromatic amines is 2. The van der Waals surface area contributed by atoms with E-state index >= 15 is 0 Å². The zero-order chi connectivity index (χ0) is 52.9. The van der Waals surface area contributed by atoms with Gasteiger partial charge in [0.2, 0.25) is 0 Å². The Hall–Kier alpha value is -10.3. The molecule has 11 rings (SSSR count). The van der Waals surface area contributed by atoms with Crippen molar-refractivity contribution < 1.29 is 46.8 Å². The van der Waals surface area contributed by atoms with Crippen LogP contribution in [0.1, 0.15) is 57.2 Å². The van der Waals surface area contributed by atoms with E-state index in [4.69, 9.17) is 23.0 Å². The fraction of sp³-hybridized carbons (Fsp3) is 0.145. The molecule has 0 aliphatic rings. The second-order valence-electron chi connectivity index (χ2n) is 16.9. The van der Waals surface area contributed by atoms with Gasteiger partial charge >= 0.3 is 29.3 Å². The van der Waals surface area contributed by atoms with Crippen molar-refractivity contribution in [1.82, 2.24) is 39.4 Å². The molecule has 5 aromatic heterocycles. The van der Waals surface area contributed by atoms with E-state index in [2.05, 4.69) is 39.3 Å². The summed E-state index contributed by atoms with van der Waals surface area (Å²) >= 11 is 0. The number of hydrogen-bond acceptors (Lipinski definition) is 16. The van der Waals surface area contributed by atoms with Gasteiger partial charge in [-0.15, -0.1) is 0 Å². The van der Waals surface area contributed by atoms with E-state index in [0.29, 0.717) is 72.0 Å². The van der Waals surface area contributed by atoms with E-state index in [9.17, 15) is 29.1 Å². The third kappa shape index (κ3) is 10.2. The number of aromatic carboxylic acids is 1. The van der Waals surface area contributed by atoms with Crippen LogP contribution in [0.3, 0.4) is 0 Å². The molecular weight excluding hydrogens is 981 g/mol. The molecule has 0 saturated heterocycles. The van der Waals surface area contributed by atoms with Gasteiger partial charge in [0.15, 0.2) is 29.8 Å². The number of aromatic nitrogens is 8. The van der Waals surface area contributed by atoms with E-state index in [1.165, 1.54) is 0 Å². The monoisotopic (exact) mass is 1020 g/mol. The maximum absolute atomic E-state index is 13.2. The molecule has 11 aromatic rings. The van der Waals surface area contributed by atoms with Gasteiger partial charge in [-0.1, -0.05) is 120 Å². The number of hydrogen-bond donors (Lipinski definition) is 3. The summed E-state index contributed by atoms with van der Waals surface area (Å²) < 4.78 is 39.7. The number of H-pyrrole nitrogens is 2. The number of carbonyl (C=O) groups excluding carboxylic acids is 1. The van der Waals surface area contributed by atoms with Crippen molar-refractivity contribution in [1.29, 1.82) is 0 Å². The number of carboxylic acids is 1. The normalized spacial score (nSPS) is 11.1. The van der Waals surface area contributed by atoms with E-state index in [1.807, 2.05) is 115 Å². The van der Waals surface area contributed by atoms with Crippen LogP contribution in [0.15, 0.2) is 166 Å². The van der Waals surface area contributed by atoms with Gasteiger partial charge in [-0.25, -0.2) is 24.0 Å². The van der Waals surface area contributed by atoms with Gasteiger partial charge in [0.05, 0.1) is 59.5 Å². The van der Waals surface area contributed by atoms with Gasteiger partial charge in [-0.2, -0.15) is 9.97 Å². The summed E-state index contributed by atoms with van der Waals surface area (Å²) in [5.41, 5.74) is 9.55. The smallest absolute Gasteiger partial charge is 0.478 e. The molecule has 6 aromatic carbocycles. The molecule has 5 heterocycles. The number of ether oxygens (including phenoxy) is 3. The highest BCUT2D eigenvalue weighted by molar-refractivity contribution is 6.03. The van der Waals surface area contributed by atoms with Crippen LogP contribution < -0.4 is 26.8 Å². The minimum absolute atomic E-state index is 0.139. The molecule has 0 fully saturated rings. The molecule has 382 valence electrons. The van der Waals surface area contributed by atoms with Gasteiger partial charge in [0, 0.05) is 11.1 Å². The highest BCUT2D eigenvalue weighted by Crippen LogP contribution is 2.34. The second-order valence-corrected chi connectivity index (χ2v) is 16.9. The highest BCUT2D eigenvalue weighted by atomic mass is 16.6. The summed E-state index contributed by atoms with van der Waals surface area (Å²) in [6.07, 6.45) is 0. The number of carbonyl (C=O) groups is 2. The first-order chi connectivity index (χ1) is 37.0. The number of imidazole rings is 2. The Balaban J connectivity index is 0.000000177. The van der Waals surface area contributed by atoms with Crippen LogP contribution in [0.5, 0.6) is 12.0 Å². The molecule has 0 radical (unpaired) electrons. The van der Waals surface area contributed by atoms with Crippen LogP contribution >= 0.6 is 0 Å². The molecule has 0 spiro atoms. The number of aryl methyl sites for hydroxylation is 1. The molecular formula is C55H44N8O13. The predicted octanol–water partition coefficient (Wildman–Crippen LogP) is 8.90. The Kier molecular flexibility index (Phi) is 13.9.